The first-order valence-corrected chi connectivity index (χ1v) is 13.2. The summed E-state index contributed by atoms with van der Waals surface area (Å²) in [6, 6.07) is 11.2. The van der Waals surface area contributed by atoms with Crippen LogP contribution in [0, 0.1) is 0 Å². The number of aromatic nitrogens is 2. The Morgan fingerprint density at radius 1 is 1.03 bits per heavy atom. The molecule has 0 bridgehead atoms. The van der Waals surface area contributed by atoms with Crippen LogP contribution in [0.5, 0.6) is 0 Å². The lowest BCUT2D eigenvalue weighted by Gasteiger charge is -2.26. The number of hydrogen-bond acceptors (Lipinski definition) is 7. The van der Waals surface area contributed by atoms with Crippen molar-refractivity contribution in [2.24, 2.45) is 0 Å². The summed E-state index contributed by atoms with van der Waals surface area (Å²) in [5.41, 5.74) is 1.26. The van der Waals surface area contributed by atoms with Gasteiger partial charge in [-0.1, -0.05) is 18.6 Å². The first-order valence-electron chi connectivity index (χ1n) is 11.8. The minimum absolute atomic E-state index is 0.0786. The van der Waals surface area contributed by atoms with E-state index in [0.29, 0.717) is 54.9 Å². The summed E-state index contributed by atoms with van der Waals surface area (Å²) in [6.07, 6.45) is 3.74. The van der Waals surface area contributed by atoms with Crippen LogP contribution < -0.4 is 5.56 Å². The maximum absolute atomic E-state index is 12.9. The Hall–Kier alpha value is -3.08. The molecule has 0 N–H and O–H groups in total. The third-order valence-electron chi connectivity index (χ3n) is 6.43. The summed E-state index contributed by atoms with van der Waals surface area (Å²) < 4.78 is 39.6. The predicted octanol–water partition coefficient (Wildman–Crippen LogP) is 2.50. The van der Waals surface area contributed by atoms with E-state index < -0.39 is 16.0 Å². The van der Waals surface area contributed by atoms with Crippen molar-refractivity contribution >= 4 is 26.9 Å². The number of rotatable bonds is 5. The van der Waals surface area contributed by atoms with Crippen LogP contribution in [0.1, 0.15) is 41.0 Å². The lowest BCUT2D eigenvalue weighted by atomic mass is 10.1. The van der Waals surface area contributed by atoms with Crippen LogP contribution in [0.3, 0.4) is 0 Å². The average molecular weight is 498 g/mol. The highest BCUT2D eigenvalue weighted by Crippen LogP contribution is 2.20. The minimum atomic E-state index is -3.64. The Labute approximate surface area is 203 Å². The largest absolute Gasteiger partial charge is 0.457 e. The highest BCUT2D eigenvalue weighted by Gasteiger charge is 2.26. The number of fused-ring (bicyclic) bond motifs is 2. The van der Waals surface area contributed by atoms with Crippen LogP contribution in [-0.4, -0.2) is 54.5 Å². The van der Waals surface area contributed by atoms with Crippen molar-refractivity contribution in [3.8, 4) is 0 Å². The van der Waals surface area contributed by atoms with Gasteiger partial charge in [0.15, 0.2) is 0 Å². The Kier molecular flexibility index (Phi) is 6.68. The van der Waals surface area contributed by atoms with Crippen molar-refractivity contribution in [3.05, 3.63) is 69.8 Å². The molecule has 0 radical (unpaired) electrons. The zero-order valence-corrected chi connectivity index (χ0v) is 20.1. The molecule has 1 fully saturated rings. The van der Waals surface area contributed by atoms with Crippen molar-refractivity contribution < 1.29 is 22.7 Å². The van der Waals surface area contributed by atoms with Gasteiger partial charge in [-0.3, -0.25) is 9.36 Å². The van der Waals surface area contributed by atoms with Gasteiger partial charge in [-0.15, -0.1) is 0 Å². The number of aryl methyl sites for hydroxylation is 1. The van der Waals surface area contributed by atoms with Crippen LogP contribution in [-0.2, 0) is 39.1 Å². The Bertz CT molecular complexity index is 1430. The van der Waals surface area contributed by atoms with Crippen molar-refractivity contribution in [1.29, 1.82) is 0 Å². The lowest BCUT2D eigenvalue weighted by molar-refractivity contribution is 0.0472. The van der Waals surface area contributed by atoms with Crippen LogP contribution in [0.15, 0.2) is 52.2 Å². The molecule has 3 aromatic rings. The van der Waals surface area contributed by atoms with Gasteiger partial charge in [-0.2, -0.15) is 4.31 Å². The van der Waals surface area contributed by atoms with E-state index in [2.05, 4.69) is 4.98 Å². The molecule has 1 saturated heterocycles. The SMILES string of the molecule is O=C(OCc1cccc(S(=O)(=O)N2CCOCC2)c1)c1ccc2c(=O)n3c(nc2c1)CCCCC3. The molecule has 0 unspecified atom stereocenters. The molecule has 0 spiro atoms. The van der Waals surface area contributed by atoms with E-state index in [-0.39, 0.29) is 17.1 Å². The highest BCUT2D eigenvalue weighted by atomic mass is 32.2. The second-order valence-corrected chi connectivity index (χ2v) is 10.7. The number of carbonyl (C=O) groups is 1. The predicted molar refractivity (Wildman–Crippen MR) is 129 cm³/mol. The number of benzene rings is 2. The summed E-state index contributed by atoms with van der Waals surface area (Å²) in [7, 11) is -3.64. The van der Waals surface area contributed by atoms with Gasteiger partial charge < -0.3 is 9.47 Å². The number of morpholine rings is 1. The number of carbonyl (C=O) groups excluding carboxylic acids is 1. The summed E-state index contributed by atoms with van der Waals surface area (Å²) in [5.74, 6) is 0.189. The maximum Gasteiger partial charge on any atom is 0.338 e. The molecule has 0 aliphatic carbocycles. The molecule has 2 aliphatic rings. The van der Waals surface area contributed by atoms with Crippen molar-refractivity contribution in [2.45, 2.75) is 43.7 Å². The molecule has 0 saturated carbocycles. The van der Waals surface area contributed by atoms with Crippen LogP contribution in [0.25, 0.3) is 10.9 Å². The fourth-order valence-corrected chi connectivity index (χ4v) is 5.99. The second kappa shape index (κ2) is 9.88. The molecule has 9 nitrogen and oxygen atoms in total. The number of nitrogens with zero attached hydrogens (tertiary/aromatic N) is 3. The minimum Gasteiger partial charge on any atom is -0.457 e. The summed E-state index contributed by atoms with van der Waals surface area (Å²) in [6.45, 7) is 1.94. The molecule has 1 aromatic heterocycles. The molecule has 10 heteroatoms. The van der Waals surface area contributed by atoms with E-state index >= 15 is 0 Å². The van der Waals surface area contributed by atoms with E-state index in [0.717, 1.165) is 31.5 Å². The first kappa shape index (κ1) is 23.7. The second-order valence-electron chi connectivity index (χ2n) is 8.77. The Balaban J connectivity index is 1.33. The molecule has 35 heavy (non-hydrogen) atoms. The van der Waals surface area contributed by atoms with Crippen LogP contribution in [0.4, 0.5) is 0 Å². The number of esters is 1. The standard InChI is InChI=1S/C25H27N3O6S/c29-24-21-9-8-19(16-22(21)26-23-7-2-1-3-10-28(23)24)25(30)34-17-18-5-4-6-20(15-18)35(31,32)27-11-13-33-14-12-27/h4-6,8-9,15-16H,1-3,7,10-14,17H2. The molecule has 3 heterocycles. The monoisotopic (exact) mass is 497 g/mol. The molecular weight excluding hydrogens is 470 g/mol. The third kappa shape index (κ3) is 4.86. The molecule has 0 amide bonds. The normalized spacial score (nSPS) is 17.0. The van der Waals surface area contributed by atoms with Gasteiger partial charge in [-0.25, -0.2) is 18.2 Å². The van der Waals surface area contributed by atoms with Gasteiger partial charge in [0.25, 0.3) is 5.56 Å². The number of hydrogen-bond donors (Lipinski definition) is 0. The molecule has 0 atom stereocenters. The van der Waals surface area contributed by atoms with Crippen molar-refractivity contribution in [3.63, 3.8) is 0 Å². The quantitative estimate of drug-likeness (QED) is 0.499. The van der Waals surface area contributed by atoms with Crippen molar-refractivity contribution in [2.75, 3.05) is 26.3 Å². The van der Waals surface area contributed by atoms with E-state index in [1.807, 2.05) is 0 Å². The first-order chi connectivity index (χ1) is 16.9. The van der Waals surface area contributed by atoms with E-state index in [1.54, 1.807) is 34.9 Å². The average Bonchev–Trinajstić information content (AvgIpc) is 3.13. The number of ether oxygens (including phenoxy) is 2. The topological polar surface area (TPSA) is 108 Å². The molecular formula is C25H27N3O6S. The number of sulfonamides is 1. The Morgan fingerprint density at radius 2 is 1.86 bits per heavy atom. The van der Waals surface area contributed by atoms with Gasteiger partial charge in [0.1, 0.15) is 12.4 Å². The third-order valence-corrected chi connectivity index (χ3v) is 8.32. The lowest BCUT2D eigenvalue weighted by Crippen LogP contribution is -2.40. The summed E-state index contributed by atoms with van der Waals surface area (Å²) in [5, 5.41) is 0.480. The zero-order valence-electron chi connectivity index (χ0n) is 19.3. The van der Waals surface area contributed by atoms with Crippen LogP contribution in [0.2, 0.25) is 0 Å². The Morgan fingerprint density at radius 3 is 2.69 bits per heavy atom. The van der Waals surface area contributed by atoms with Gasteiger partial charge in [0.05, 0.1) is 34.6 Å². The van der Waals surface area contributed by atoms with E-state index in [9.17, 15) is 18.0 Å². The molecule has 5 rings (SSSR count). The van der Waals surface area contributed by atoms with Gasteiger partial charge in [0.2, 0.25) is 10.0 Å². The highest BCUT2D eigenvalue weighted by molar-refractivity contribution is 7.89. The zero-order chi connectivity index (χ0) is 24.4. The summed E-state index contributed by atoms with van der Waals surface area (Å²) >= 11 is 0. The van der Waals surface area contributed by atoms with Crippen molar-refractivity contribution in [1.82, 2.24) is 13.9 Å². The molecule has 184 valence electrons. The van der Waals surface area contributed by atoms with E-state index in [4.69, 9.17) is 9.47 Å². The van der Waals surface area contributed by atoms with Gasteiger partial charge in [-0.05, 0) is 48.7 Å². The smallest absolute Gasteiger partial charge is 0.338 e. The summed E-state index contributed by atoms with van der Waals surface area (Å²) in [4.78, 5) is 30.5. The molecule has 2 aliphatic heterocycles. The van der Waals surface area contributed by atoms with Gasteiger partial charge in [0, 0.05) is 26.1 Å². The van der Waals surface area contributed by atoms with E-state index in [1.165, 1.54) is 16.4 Å². The molecule has 2 aromatic carbocycles. The maximum atomic E-state index is 12.9. The van der Waals surface area contributed by atoms with Gasteiger partial charge >= 0.3 is 5.97 Å². The fraction of sp³-hybridized carbons (Fsp3) is 0.400. The fourth-order valence-electron chi connectivity index (χ4n) is 4.51. The van der Waals surface area contributed by atoms with Crippen LogP contribution >= 0.6 is 0 Å².